The highest BCUT2D eigenvalue weighted by Crippen LogP contribution is 2.33. The van der Waals surface area contributed by atoms with Gasteiger partial charge in [0.2, 0.25) is 0 Å². The molecule has 0 radical (unpaired) electrons. The van der Waals surface area contributed by atoms with Gasteiger partial charge >= 0.3 is 0 Å². The zero-order chi connectivity index (χ0) is 30.7. The first-order valence-electron chi connectivity index (χ1n) is 17.1. The molecule has 0 spiro atoms. The van der Waals surface area contributed by atoms with Gasteiger partial charge in [-0.3, -0.25) is 4.79 Å². The number of benzene rings is 2. The van der Waals surface area contributed by atoms with Gasteiger partial charge < -0.3 is 5.11 Å². The number of unbranched alkanes of at least 4 members (excludes halogenated alkanes) is 2. The number of hydrogen-bond acceptors (Lipinski definition) is 2. The number of rotatable bonds is 22. The van der Waals surface area contributed by atoms with Gasteiger partial charge in [0.05, 0.1) is 0 Å². The van der Waals surface area contributed by atoms with Crippen LogP contribution in [0.2, 0.25) is 0 Å². The molecule has 0 saturated carbocycles. The van der Waals surface area contributed by atoms with E-state index in [2.05, 4.69) is 45.9 Å². The summed E-state index contributed by atoms with van der Waals surface area (Å²) < 4.78 is 15.2. The number of aryl methyl sites for hydroxylation is 1. The van der Waals surface area contributed by atoms with Crippen molar-refractivity contribution in [2.45, 2.75) is 125 Å². The molecule has 0 saturated heterocycles. The van der Waals surface area contributed by atoms with E-state index in [-0.39, 0.29) is 17.7 Å². The first-order chi connectivity index (χ1) is 20.4. The number of carbonyl (C=O) groups excluding carboxylic acids is 1. The summed E-state index contributed by atoms with van der Waals surface area (Å²) in [6, 6.07) is 13.8. The van der Waals surface area contributed by atoms with Crippen molar-refractivity contribution in [3.8, 4) is 11.1 Å². The maximum Gasteiger partial charge on any atom is 0.143 e. The van der Waals surface area contributed by atoms with Crippen molar-refractivity contribution in [2.24, 2.45) is 23.7 Å². The van der Waals surface area contributed by atoms with Crippen LogP contribution in [0, 0.1) is 29.5 Å². The van der Waals surface area contributed by atoms with Crippen LogP contribution in [-0.2, 0) is 17.6 Å². The molecule has 3 atom stereocenters. The minimum atomic E-state index is -0.207. The summed E-state index contributed by atoms with van der Waals surface area (Å²) in [5.74, 6) is 0.840. The highest BCUT2D eigenvalue weighted by atomic mass is 19.1. The van der Waals surface area contributed by atoms with Crippen molar-refractivity contribution in [3.05, 3.63) is 71.6 Å². The molecule has 2 rings (SSSR count). The third kappa shape index (κ3) is 11.8. The summed E-state index contributed by atoms with van der Waals surface area (Å²) in [5, 5.41) is 9.54. The third-order valence-electron chi connectivity index (χ3n) is 8.90. The lowest BCUT2D eigenvalue weighted by molar-refractivity contribution is -0.127. The Kier molecular flexibility index (Phi) is 17.6. The third-order valence-corrected chi connectivity index (χ3v) is 8.90. The Labute approximate surface area is 257 Å². The minimum absolute atomic E-state index is 0.0426. The van der Waals surface area contributed by atoms with Crippen LogP contribution in [0.1, 0.15) is 123 Å². The van der Waals surface area contributed by atoms with Crippen molar-refractivity contribution in [3.63, 3.8) is 0 Å². The number of halogens is 1. The fourth-order valence-electron chi connectivity index (χ4n) is 6.68. The summed E-state index contributed by atoms with van der Waals surface area (Å²) >= 11 is 0. The topological polar surface area (TPSA) is 37.3 Å². The Morgan fingerprint density at radius 2 is 1.55 bits per heavy atom. The number of aliphatic hydroxyl groups excluding tert-OH is 1. The summed E-state index contributed by atoms with van der Waals surface area (Å²) in [6.07, 6.45) is 18.6. The lowest BCUT2D eigenvalue weighted by Crippen LogP contribution is -2.31. The maximum absolute atomic E-state index is 15.2. The van der Waals surface area contributed by atoms with Crippen LogP contribution in [0.25, 0.3) is 11.1 Å². The molecule has 1 N–H and O–H groups in total. The van der Waals surface area contributed by atoms with E-state index in [0.717, 1.165) is 94.6 Å². The second-order valence-corrected chi connectivity index (χ2v) is 12.4. The molecule has 0 heterocycles. The first kappa shape index (κ1) is 35.9. The molecule has 0 aliphatic rings. The van der Waals surface area contributed by atoms with Gasteiger partial charge in [0.1, 0.15) is 11.6 Å². The number of carbonyl (C=O) groups is 1. The Balaban J connectivity index is 2.23. The van der Waals surface area contributed by atoms with Gasteiger partial charge in [-0.1, -0.05) is 122 Å². The molecule has 2 aromatic rings. The van der Waals surface area contributed by atoms with Crippen LogP contribution in [-0.4, -0.2) is 17.5 Å². The van der Waals surface area contributed by atoms with Crippen molar-refractivity contribution >= 4 is 5.78 Å². The first-order valence-corrected chi connectivity index (χ1v) is 17.1. The lowest BCUT2D eigenvalue weighted by atomic mass is 9.74. The van der Waals surface area contributed by atoms with Gasteiger partial charge in [0, 0.05) is 24.0 Å². The van der Waals surface area contributed by atoms with Crippen molar-refractivity contribution < 1.29 is 14.3 Å². The summed E-state index contributed by atoms with van der Waals surface area (Å²) in [5.41, 5.74) is 3.83. The highest BCUT2D eigenvalue weighted by molar-refractivity contribution is 5.85. The zero-order valence-electron chi connectivity index (χ0n) is 27.3. The second kappa shape index (κ2) is 20.6. The van der Waals surface area contributed by atoms with Crippen molar-refractivity contribution in [1.29, 1.82) is 0 Å². The standard InChI is InChI=1S/C39H59FO2/c1-6-15-31(29-41)21-13-11-12-20-30-22-14-23-35(26-30)36-27-32(24-25-38(36)40)28-37(33(16-7-2)17-8-3)39(42)34(18-9-4)19-10-5/h9,14,18,22-27,31,33-34,37,41H,6-8,10-13,15-17,19-21,28-29H2,1-5H3/b18-9-/t31?,34-,37?/m1/s1. The zero-order valence-corrected chi connectivity index (χ0v) is 27.3. The Morgan fingerprint density at radius 1 is 0.833 bits per heavy atom. The average molecular weight is 579 g/mol. The average Bonchev–Trinajstić information content (AvgIpc) is 2.99. The minimum Gasteiger partial charge on any atom is -0.396 e. The van der Waals surface area contributed by atoms with E-state index >= 15 is 4.39 Å². The molecule has 0 amide bonds. The van der Waals surface area contributed by atoms with Gasteiger partial charge in [-0.25, -0.2) is 4.39 Å². The molecular weight excluding hydrogens is 519 g/mol. The van der Waals surface area contributed by atoms with Gasteiger partial charge in [-0.2, -0.15) is 0 Å². The molecule has 3 heteroatoms. The number of Topliss-reactive ketones (excluding diaryl/α,β-unsaturated/α-hetero) is 1. The molecule has 42 heavy (non-hydrogen) atoms. The van der Waals surface area contributed by atoms with Gasteiger partial charge in [-0.05, 0) is 86.1 Å². The van der Waals surface area contributed by atoms with E-state index in [1.165, 1.54) is 5.56 Å². The Hall–Kier alpha value is -2.26. The van der Waals surface area contributed by atoms with E-state index < -0.39 is 0 Å². The Morgan fingerprint density at radius 3 is 2.19 bits per heavy atom. The van der Waals surface area contributed by atoms with Gasteiger partial charge in [0.15, 0.2) is 0 Å². The quantitative estimate of drug-likeness (QED) is 0.111. The predicted molar refractivity (Wildman–Crippen MR) is 178 cm³/mol. The molecular formula is C39H59FO2. The number of hydrogen-bond donors (Lipinski definition) is 1. The maximum atomic E-state index is 15.2. The van der Waals surface area contributed by atoms with Crippen LogP contribution in [0.4, 0.5) is 4.39 Å². The van der Waals surface area contributed by atoms with Crippen LogP contribution in [0.5, 0.6) is 0 Å². The molecule has 2 nitrogen and oxygen atoms in total. The lowest BCUT2D eigenvalue weighted by Gasteiger charge is -2.29. The van der Waals surface area contributed by atoms with Crippen LogP contribution in [0.3, 0.4) is 0 Å². The number of aliphatic hydroxyl groups is 1. The number of allylic oxidation sites excluding steroid dienone is 2. The van der Waals surface area contributed by atoms with Gasteiger partial charge in [-0.15, -0.1) is 0 Å². The number of ketones is 1. The molecule has 0 bridgehead atoms. The molecule has 0 fully saturated rings. The summed E-state index contributed by atoms with van der Waals surface area (Å²) in [7, 11) is 0. The molecule has 234 valence electrons. The van der Waals surface area contributed by atoms with Crippen LogP contribution < -0.4 is 0 Å². The Bertz CT molecular complexity index is 1050. The van der Waals surface area contributed by atoms with Crippen molar-refractivity contribution in [2.75, 3.05) is 6.61 Å². The fraction of sp³-hybridized carbons (Fsp3) is 0.615. The summed E-state index contributed by atoms with van der Waals surface area (Å²) in [6.45, 7) is 11.0. The molecule has 2 unspecified atom stereocenters. The SMILES string of the molecule is C/C=C\[C@H](CCC)C(=O)C(Cc1ccc(F)c(-c2cccc(CCCCCC(CO)CCC)c2)c1)C(CCC)CCC. The van der Waals surface area contributed by atoms with E-state index in [1.807, 2.05) is 37.3 Å². The normalized spacial score (nSPS) is 14.0. The molecule has 0 aliphatic carbocycles. The van der Waals surface area contributed by atoms with E-state index in [9.17, 15) is 9.90 Å². The largest absolute Gasteiger partial charge is 0.396 e. The second-order valence-electron chi connectivity index (χ2n) is 12.4. The fourth-order valence-corrected chi connectivity index (χ4v) is 6.68. The highest BCUT2D eigenvalue weighted by Gasteiger charge is 2.31. The van der Waals surface area contributed by atoms with Crippen LogP contribution in [0.15, 0.2) is 54.6 Å². The smallest absolute Gasteiger partial charge is 0.143 e. The van der Waals surface area contributed by atoms with Crippen molar-refractivity contribution in [1.82, 2.24) is 0 Å². The van der Waals surface area contributed by atoms with E-state index in [1.54, 1.807) is 6.07 Å². The van der Waals surface area contributed by atoms with E-state index in [4.69, 9.17) is 0 Å². The monoisotopic (exact) mass is 578 g/mol. The summed E-state index contributed by atoms with van der Waals surface area (Å²) in [4.78, 5) is 14.0. The molecule has 2 aromatic carbocycles. The van der Waals surface area contributed by atoms with Gasteiger partial charge in [0.25, 0.3) is 0 Å². The molecule has 0 aliphatic heterocycles. The van der Waals surface area contributed by atoms with E-state index in [0.29, 0.717) is 36.2 Å². The molecule has 0 aromatic heterocycles. The predicted octanol–water partition coefficient (Wildman–Crippen LogP) is 10.9. The van der Waals surface area contributed by atoms with Crippen LogP contribution >= 0.6 is 0 Å².